The maximum atomic E-state index is 12.8. The van der Waals surface area contributed by atoms with E-state index in [2.05, 4.69) is 15.3 Å². The van der Waals surface area contributed by atoms with Crippen LogP contribution in [0.5, 0.6) is 0 Å². The lowest BCUT2D eigenvalue weighted by Crippen LogP contribution is -2.45. The van der Waals surface area contributed by atoms with Gasteiger partial charge in [0.1, 0.15) is 6.04 Å². The van der Waals surface area contributed by atoms with Crippen LogP contribution in [0.2, 0.25) is 0 Å². The Labute approximate surface area is 191 Å². The third-order valence-corrected chi connectivity index (χ3v) is 7.00. The van der Waals surface area contributed by atoms with Crippen molar-refractivity contribution in [1.82, 2.24) is 19.8 Å². The van der Waals surface area contributed by atoms with Crippen molar-refractivity contribution >= 4 is 28.4 Å². The van der Waals surface area contributed by atoms with Crippen molar-refractivity contribution in [3.05, 3.63) is 29.7 Å². The summed E-state index contributed by atoms with van der Waals surface area (Å²) < 4.78 is 24.3. The molecule has 2 aromatic rings. The van der Waals surface area contributed by atoms with E-state index in [1.54, 1.807) is 6.20 Å². The topological polar surface area (TPSA) is 104 Å². The Kier molecular flexibility index (Phi) is 4.99. The molecule has 1 aliphatic carbocycles. The lowest BCUT2D eigenvalue weighted by atomic mass is 9.68. The van der Waals surface area contributed by atoms with Gasteiger partial charge in [-0.25, -0.2) is 9.78 Å². The number of aromatic nitrogens is 2. The van der Waals surface area contributed by atoms with Crippen LogP contribution in [-0.4, -0.2) is 58.4 Å². The third-order valence-electron chi connectivity index (χ3n) is 5.94. The van der Waals surface area contributed by atoms with Crippen molar-refractivity contribution in [2.75, 3.05) is 26.0 Å². The van der Waals surface area contributed by atoms with Crippen molar-refractivity contribution in [3.8, 4) is 10.4 Å². The number of likely N-dealkylation sites (tertiary alicyclic amines) is 1. The molecule has 0 radical (unpaired) electrons. The van der Waals surface area contributed by atoms with Gasteiger partial charge in [-0.2, -0.15) is 0 Å². The predicted molar refractivity (Wildman–Crippen MR) is 122 cm³/mol. The number of urea groups is 1. The minimum atomic E-state index is -2.12. The van der Waals surface area contributed by atoms with Gasteiger partial charge in [-0.1, -0.05) is 24.6 Å². The highest BCUT2D eigenvalue weighted by atomic mass is 32.1. The van der Waals surface area contributed by atoms with Gasteiger partial charge in [0.2, 0.25) is 5.91 Å². The number of anilines is 1. The molecule has 2 fully saturated rings. The average molecular weight is 446 g/mol. The summed E-state index contributed by atoms with van der Waals surface area (Å²) >= 11 is 1.32. The molecule has 0 unspecified atom stereocenters. The number of carbonyl (C=O) groups excluding carboxylic acids is 2. The van der Waals surface area contributed by atoms with Crippen LogP contribution >= 0.6 is 11.3 Å². The molecular formula is C22H30N6O2S. The molecule has 3 amide bonds. The van der Waals surface area contributed by atoms with E-state index in [-0.39, 0.29) is 0 Å². The smallest absolute Gasteiger partial charge is 0.324 e. The first kappa shape index (κ1) is 18.1. The van der Waals surface area contributed by atoms with Crippen molar-refractivity contribution in [2.24, 2.45) is 5.73 Å². The number of thiazole rings is 1. The van der Waals surface area contributed by atoms with E-state index >= 15 is 0 Å². The fourth-order valence-electron chi connectivity index (χ4n) is 4.13. The Hall–Kier alpha value is -2.52. The standard InChI is InChI=1S/C22H30N6O2S/c1-22(8-5-9-22)17-12-14(7-10-24-17)18-15(13-27(2)3)25-20(31-18)26-21(30)28-11-4-6-16(28)19(23)29/h7,10,12,16H,4-6,8-9,11,13H2,1-3H3,(H2,23,29)(H,25,26,30)/t16-/m0/s1/i1D3. The summed E-state index contributed by atoms with van der Waals surface area (Å²) in [5, 5.41) is 3.24. The van der Waals surface area contributed by atoms with E-state index in [9.17, 15) is 9.59 Å². The van der Waals surface area contributed by atoms with Crippen molar-refractivity contribution in [3.63, 3.8) is 0 Å². The van der Waals surface area contributed by atoms with E-state index < -0.39 is 30.2 Å². The van der Waals surface area contributed by atoms with Gasteiger partial charge in [0.05, 0.1) is 10.6 Å². The quantitative estimate of drug-likeness (QED) is 0.711. The number of amides is 3. The molecule has 3 heterocycles. The van der Waals surface area contributed by atoms with Gasteiger partial charge in [0, 0.05) is 34.5 Å². The van der Waals surface area contributed by atoms with E-state index in [4.69, 9.17) is 9.85 Å². The van der Waals surface area contributed by atoms with E-state index in [0.717, 1.165) is 29.0 Å². The van der Waals surface area contributed by atoms with Gasteiger partial charge in [0.25, 0.3) is 0 Å². The minimum Gasteiger partial charge on any atom is -0.368 e. The Morgan fingerprint density at radius 1 is 1.42 bits per heavy atom. The maximum Gasteiger partial charge on any atom is 0.324 e. The summed E-state index contributed by atoms with van der Waals surface area (Å²) in [6.45, 7) is -1.12. The number of hydrogen-bond donors (Lipinski definition) is 2. The molecule has 0 aromatic carbocycles. The molecular weight excluding hydrogens is 412 g/mol. The molecule has 0 bridgehead atoms. The van der Waals surface area contributed by atoms with Crippen LogP contribution in [0.1, 0.15) is 54.5 Å². The first-order chi connectivity index (χ1) is 16.0. The highest BCUT2D eigenvalue weighted by Gasteiger charge is 2.35. The van der Waals surface area contributed by atoms with Crippen LogP contribution in [-0.2, 0) is 16.8 Å². The van der Waals surface area contributed by atoms with Crippen LogP contribution in [0.3, 0.4) is 0 Å². The molecule has 1 saturated heterocycles. The second-order valence-corrected chi connectivity index (χ2v) is 9.58. The molecule has 2 aromatic heterocycles. The molecule has 9 heteroatoms. The van der Waals surface area contributed by atoms with Crippen molar-refractivity contribution < 1.29 is 13.7 Å². The molecule has 1 atom stereocenters. The number of carbonyl (C=O) groups is 2. The van der Waals surface area contributed by atoms with Crippen LogP contribution in [0.25, 0.3) is 10.4 Å². The first-order valence-corrected chi connectivity index (χ1v) is 11.3. The van der Waals surface area contributed by atoms with Crippen LogP contribution in [0.15, 0.2) is 18.3 Å². The van der Waals surface area contributed by atoms with Crippen molar-refractivity contribution in [1.29, 1.82) is 0 Å². The van der Waals surface area contributed by atoms with Crippen molar-refractivity contribution in [2.45, 2.75) is 57.0 Å². The molecule has 0 spiro atoms. The molecule has 1 aliphatic heterocycles. The van der Waals surface area contributed by atoms with Gasteiger partial charge in [-0.05, 0) is 57.5 Å². The Bertz CT molecular complexity index is 1080. The summed E-state index contributed by atoms with van der Waals surface area (Å²) in [6.07, 6.45) is 4.98. The Morgan fingerprint density at radius 2 is 2.23 bits per heavy atom. The number of nitrogens with two attached hydrogens (primary N) is 1. The van der Waals surface area contributed by atoms with E-state index in [0.29, 0.717) is 43.2 Å². The summed E-state index contributed by atoms with van der Waals surface area (Å²) in [7, 11) is 3.86. The molecule has 2 aliphatic rings. The molecule has 4 rings (SSSR count). The van der Waals surface area contributed by atoms with Gasteiger partial charge >= 0.3 is 6.03 Å². The zero-order valence-electron chi connectivity index (χ0n) is 20.9. The number of rotatable bonds is 6. The monoisotopic (exact) mass is 445 g/mol. The summed E-state index contributed by atoms with van der Waals surface area (Å²) in [5.74, 6) is -0.510. The first-order valence-electron chi connectivity index (χ1n) is 12.0. The van der Waals surface area contributed by atoms with E-state index in [1.807, 2.05) is 31.1 Å². The fourth-order valence-corrected chi connectivity index (χ4v) is 5.09. The number of nitrogens with one attached hydrogen (secondary N) is 1. The second-order valence-electron chi connectivity index (χ2n) is 8.58. The van der Waals surface area contributed by atoms with Crippen LogP contribution < -0.4 is 11.1 Å². The fraction of sp³-hybridized carbons (Fsp3) is 0.545. The number of hydrogen-bond acceptors (Lipinski definition) is 6. The maximum absolute atomic E-state index is 12.8. The van der Waals surface area contributed by atoms with Crippen LogP contribution in [0.4, 0.5) is 9.93 Å². The highest BCUT2D eigenvalue weighted by Crippen LogP contribution is 2.44. The van der Waals surface area contributed by atoms with Gasteiger partial charge in [0.15, 0.2) is 5.13 Å². The molecule has 8 nitrogen and oxygen atoms in total. The number of pyridine rings is 1. The normalized spacial score (nSPS) is 21.8. The molecule has 1 saturated carbocycles. The SMILES string of the molecule is [2H]C([2H])([2H])C1(c2cc(-c3sc(NC(=O)N4CCC[C@H]4C(N)=O)nc3CN(C)C)ccn2)CCC1. The predicted octanol–water partition coefficient (Wildman–Crippen LogP) is 3.19. The zero-order chi connectivity index (χ0) is 24.7. The van der Waals surface area contributed by atoms with Gasteiger partial charge < -0.3 is 15.5 Å². The van der Waals surface area contributed by atoms with Crippen LogP contribution in [0, 0.1) is 0 Å². The zero-order valence-corrected chi connectivity index (χ0v) is 18.7. The van der Waals surface area contributed by atoms with Gasteiger partial charge in [-0.3, -0.25) is 15.1 Å². The lowest BCUT2D eigenvalue weighted by molar-refractivity contribution is -0.121. The minimum absolute atomic E-state index is 0.399. The Morgan fingerprint density at radius 3 is 2.87 bits per heavy atom. The third kappa shape index (κ3) is 4.43. The Balaban J connectivity index is 1.65. The largest absolute Gasteiger partial charge is 0.368 e. The highest BCUT2D eigenvalue weighted by molar-refractivity contribution is 7.19. The number of primary amides is 1. The second kappa shape index (κ2) is 8.55. The molecule has 31 heavy (non-hydrogen) atoms. The molecule has 166 valence electrons. The average Bonchev–Trinajstić information content (AvgIpc) is 3.33. The number of nitrogens with zero attached hydrogens (tertiary/aromatic N) is 4. The summed E-state index contributed by atoms with van der Waals surface area (Å²) in [4.78, 5) is 37.9. The summed E-state index contributed by atoms with van der Waals surface area (Å²) in [5.41, 5.74) is 6.71. The lowest BCUT2D eigenvalue weighted by Gasteiger charge is -2.37. The van der Waals surface area contributed by atoms with E-state index in [1.165, 1.54) is 16.2 Å². The molecule has 3 N–H and O–H groups in total. The summed E-state index contributed by atoms with van der Waals surface area (Å²) in [6, 6.07) is 2.69. The van der Waals surface area contributed by atoms with Gasteiger partial charge in [-0.15, -0.1) is 0 Å².